The molecule has 176 valence electrons. The van der Waals surface area contributed by atoms with Gasteiger partial charge in [0.2, 0.25) is 5.91 Å². The van der Waals surface area contributed by atoms with Crippen molar-refractivity contribution in [2.24, 2.45) is 0 Å². The van der Waals surface area contributed by atoms with Crippen LogP contribution < -0.4 is 5.32 Å². The molecule has 1 aromatic carbocycles. The SMILES string of the molecule is CC/C=C\C/C=C\C/C=C\C/C=C\C/C=C\C/C=C\CCC(=O)Nc1ccc(C(=O)O)cc1. The molecule has 1 rings (SSSR count). The second-order valence-electron chi connectivity index (χ2n) is 7.38. The zero-order valence-electron chi connectivity index (χ0n) is 19.7. The molecule has 4 nitrogen and oxygen atoms in total. The van der Waals surface area contributed by atoms with E-state index >= 15 is 0 Å². The van der Waals surface area contributed by atoms with Gasteiger partial charge in [-0.25, -0.2) is 4.79 Å². The van der Waals surface area contributed by atoms with Crippen LogP contribution in [0.3, 0.4) is 0 Å². The Hall–Kier alpha value is -3.40. The predicted molar refractivity (Wildman–Crippen MR) is 139 cm³/mol. The van der Waals surface area contributed by atoms with Gasteiger partial charge >= 0.3 is 5.97 Å². The molecule has 0 fully saturated rings. The number of carbonyl (C=O) groups is 2. The second-order valence-corrected chi connectivity index (χ2v) is 7.38. The molecular formula is C29H37NO3. The average molecular weight is 448 g/mol. The van der Waals surface area contributed by atoms with Crippen LogP contribution in [0.4, 0.5) is 5.69 Å². The van der Waals surface area contributed by atoms with Crippen molar-refractivity contribution in [3.63, 3.8) is 0 Å². The summed E-state index contributed by atoms with van der Waals surface area (Å²) < 4.78 is 0. The number of allylic oxidation sites excluding steroid dienone is 12. The van der Waals surface area contributed by atoms with Crippen LogP contribution in [0.25, 0.3) is 0 Å². The maximum Gasteiger partial charge on any atom is 0.335 e. The van der Waals surface area contributed by atoms with Crippen LogP contribution in [0.2, 0.25) is 0 Å². The summed E-state index contributed by atoms with van der Waals surface area (Å²) in [5, 5.41) is 11.6. The lowest BCUT2D eigenvalue weighted by Gasteiger charge is -2.04. The summed E-state index contributed by atoms with van der Waals surface area (Å²) in [5.41, 5.74) is 0.804. The zero-order valence-corrected chi connectivity index (χ0v) is 19.7. The highest BCUT2D eigenvalue weighted by Gasteiger charge is 2.04. The van der Waals surface area contributed by atoms with Gasteiger partial charge in [0, 0.05) is 12.1 Å². The Morgan fingerprint density at radius 1 is 0.697 bits per heavy atom. The molecule has 4 heteroatoms. The smallest absolute Gasteiger partial charge is 0.335 e. The van der Waals surface area contributed by atoms with Crippen LogP contribution in [0.15, 0.2) is 97.2 Å². The summed E-state index contributed by atoms with van der Waals surface area (Å²) in [6.45, 7) is 2.14. The molecule has 33 heavy (non-hydrogen) atoms. The van der Waals surface area contributed by atoms with Crippen LogP contribution in [-0.4, -0.2) is 17.0 Å². The molecule has 0 aliphatic rings. The number of rotatable bonds is 16. The average Bonchev–Trinajstić information content (AvgIpc) is 2.81. The maximum absolute atomic E-state index is 11.9. The van der Waals surface area contributed by atoms with E-state index < -0.39 is 5.97 Å². The molecular weight excluding hydrogens is 410 g/mol. The first-order valence-electron chi connectivity index (χ1n) is 11.7. The van der Waals surface area contributed by atoms with E-state index in [0.29, 0.717) is 18.5 Å². The predicted octanol–water partition coefficient (Wildman–Crippen LogP) is 7.80. The number of anilines is 1. The van der Waals surface area contributed by atoms with Crippen LogP contribution in [0.5, 0.6) is 0 Å². The van der Waals surface area contributed by atoms with Gasteiger partial charge in [-0.1, -0.05) is 79.8 Å². The zero-order chi connectivity index (χ0) is 24.0. The van der Waals surface area contributed by atoms with E-state index in [2.05, 4.69) is 79.1 Å². The van der Waals surface area contributed by atoms with Crippen LogP contribution in [0, 0.1) is 0 Å². The second kappa shape index (κ2) is 19.3. The molecule has 0 radical (unpaired) electrons. The molecule has 1 aromatic rings. The van der Waals surface area contributed by atoms with Crippen molar-refractivity contribution < 1.29 is 14.7 Å². The Bertz CT molecular complexity index is 855. The molecule has 0 saturated heterocycles. The van der Waals surface area contributed by atoms with E-state index in [-0.39, 0.29) is 11.5 Å². The third-order valence-electron chi connectivity index (χ3n) is 4.55. The van der Waals surface area contributed by atoms with Gasteiger partial charge < -0.3 is 10.4 Å². The summed E-state index contributed by atoms with van der Waals surface area (Å²) in [7, 11) is 0. The number of carboxylic acid groups (broad SMARTS) is 1. The van der Waals surface area contributed by atoms with Crippen molar-refractivity contribution in [3.05, 3.63) is 103 Å². The summed E-state index contributed by atoms with van der Waals surface area (Å²) >= 11 is 0. The largest absolute Gasteiger partial charge is 0.478 e. The molecule has 0 aromatic heterocycles. The lowest BCUT2D eigenvalue weighted by molar-refractivity contribution is -0.116. The standard InChI is InChI=1S/C29H37NO3/c1-2-3-4-5-6-7-8-9-10-11-12-13-14-15-16-17-18-19-20-21-28(31)30-27-24-22-26(23-25-27)29(32)33/h3-4,6-7,9-10,12-13,15-16,18-19,22-25H,2,5,8,11,14,17,20-21H2,1H3,(H,30,31)(H,32,33)/b4-3-,7-6-,10-9-,13-12-,16-15-,19-18-. The fourth-order valence-corrected chi connectivity index (χ4v) is 2.77. The van der Waals surface area contributed by atoms with Gasteiger partial charge in [0.15, 0.2) is 0 Å². The van der Waals surface area contributed by atoms with Crippen molar-refractivity contribution in [3.8, 4) is 0 Å². The van der Waals surface area contributed by atoms with Gasteiger partial charge in [-0.15, -0.1) is 0 Å². The van der Waals surface area contributed by atoms with Gasteiger partial charge in [-0.2, -0.15) is 0 Å². The van der Waals surface area contributed by atoms with Gasteiger partial charge in [0.25, 0.3) is 0 Å². The molecule has 1 amide bonds. The van der Waals surface area contributed by atoms with Gasteiger partial charge in [-0.05, 0) is 69.2 Å². The number of amides is 1. The van der Waals surface area contributed by atoms with Crippen molar-refractivity contribution in [2.75, 3.05) is 5.32 Å². The Morgan fingerprint density at radius 2 is 1.12 bits per heavy atom. The first-order valence-corrected chi connectivity index (χ1v) is 11.7. The summed E-state index contributed by atoms with van der Waals surface area (Å²) in [5.74, 6) is -1.07. The van der Waals surface area contributed by atoms with Crippen molar-refractivity contribution in [1.29, 1.82) is 0 Å². The normalized spacial score (nSPS) is 12.4. The van der Waals surface area contributed by atoms with E-state index in [0.717, 1.165) is 38.5 Å². The minimum absolute atomic E-state index is 0.0856. The number of nitrogens with one attached hydrogen (secondary N) is 1. The molecule has 0 saturated carbocycles. The molecule has 0 atom stereocenters. The summed E-state index contributed by atoms with van der Waals surface area (Å²) in [4.78, 5) is 22.7. The lowest BCUT2D eigenvalue weighted by atomic mass is 10.2. The van der Waals surface area contributed by atoms with Crippen LogP contribution in [-0.2, 0) is 4.79 Å². The number of hydrogen-bond donors (Lipinski definition) is 2. The number of benzene rings is 1. The highest BCUT2D eigenvalue weighted by atomic mass is 16.4. The molecule has 0 unspecified atom stereocenters. The maximum atomic E-state index is 11.9. The van der Waals surface area contributed by atoms with Crippen LogP contribution in [0.1, 0.15) is 68.6 Å². The monoisotopic (exact) mass is 447 g/mol. The molecule has 0 aliphatic carbocycles. The fraction of sp³-hybridized carbons (Fsp3) is 0.310. The molecule has 0 bridgehead atoms. The first kappa shape index (κ1) is 27.6. The minimum atomic E-state index is -0.981. The molecule has 0 heterocycles. The molecule has 2 N–H and O–H groups in total. The van der Waals surface area contributed by atoms with E-state index in [4.69, 9.17) is 5.11 Å². The summed E-state index contributed by atoms with van der Waals surface area (Å²) in [6.07, 6.45) is 32.8. The van der Waals surface area contributed by atoms with Crippen molar-refractivity contribution in [2.45, 2.75) is 58.3 Å². The highest BCUT2D eigenvalue weighted by molar-refractivity contribution is 5.92. The number of aromatic carboxylic acids is 1. The Balaban J connectivity index is 2.05. The Kier molecular flexibility index (Phi) is 16.2. The Morgan fingerprint density at radius 3 is 1.55 bits per heavy atom. The third-order valence-corrected chi connectivity index (χ3v) is 4.55. The quantitative estimate of drug-likeness (QED) is 0.254. The first-order chi connectivity index (χ1) is 16.1. The lowest BCUT2D eigenvalue weighted by Crippen LogP contribution is -2.10. The van der Waals surface area contributed by atoms with E-state index in [9.17, 15) is 9.59 Å². The van der Waals surface area contributed by atoms with Crippen molar-refractivity contribution >= 4 is 17.6 Å². The van der Waals surface area contributed by atoms with E-state index in [1.807, 2.05) is 6.08 Å². The fourth-order valence-electron chi connectivity index (χ4n) is 2.77. The number of carbonyl (C=O) groups excluding carboxylic acids is 1. The number of hydrogen-bond acceptors (Lipinski definition) is 2. The van der Waals surface area contributed by atoms with E-state index in [1.54, 1.807) is 12.1 Å². The minimum Gasteiger partial charge on any atom is -0.478 e. The van der Waals surface area contributed by atoms with Crippen LogP contribution >= 0.6 is 0 Å². The van der Waals surface area contributed by atoms with Crippen molar-refractivity contribution in [1.82, 2.24) is 0 Å². The van der Waals surface area contributed by atoms with Gasteiger partial charge in [0.1, 0.15) is 0 Å². The summed E-state index contributed by atoms with van der Waals surface area (Å²) in [6, 6.07) is 6.14. The Labute approximate surface area is 198 Å². The molecule has 0 aliphatic heterocycles. The number of carboxylic acids is 1. The van der Waals surface area contributed by atoms with Gasteiger partial charge in [-0.3, -0.25) is 4.79 Å². The van der Waals surface area contributed by atoms with Gasteiger partial charge in [0.05, 0.1) is 5.56 Å². The topological polar surface area (TPSA) is 66.4 Å². The highest BCUT2D eigenvalue weighted by Crippen LogP contribution is 2.10. The third kappa shape index (κ3) is 16.0. The molecule has 0 spiro atoms. The van der Waals surface area contributed by atoms with E-state index in [1.165, 1.54) is 12.1 Å².